The van der Waals surface area contributed by atoms with Crippen LogP contribution in [0.2, 0.25) is 0 Å². The summed E-state index contributed by atoms with van der Waals surface area (Å²) in [6, 6.07) is 17.0. The Hall–Kier alpha value is -3.65. The Morgan fingerprint density at radius 2 is 1.78 bits per heavy atom. The second-order valence-electron chi connectivity index (χ2n) is 9.17. The minimum Gasteiger partial charge on any atom is -0.497 e. The van der Waals surface area contributed by atoms with E-state index in [4.69, 9.17) is 4.74 Å². The predicted molar refractivity (Wildman–Crippen MR) is 144 cm³/mol. The van der Waals surface area contributed by atoms with Gasteiger partial charge in [-0.25, -0.2) is 0 Å². The summed E-state index contributed by atoms with van der Waals surface area (Å²) in [6.45, 7) is 7.55. The Morgan fingerprint density at radius 3 is 2.39 bits per heavy atom. The van der Waals surface area contributed by atoms with E-state index in [0.717, 1.165) is 5.56 Å². The van der Waals surface area contributed by atoms with E-state index in [0.29, 0.717) is 28.3 Å². The monoisotopic (exact) mass is 507 g/mol. The van der Waals surface area contributed by atoms with Crippen LogP contribution in [-0.4, -0.2) is 36.9 Å². The second kappa shape index (κ2) is 11.9. The zero-order chi connectivity index (χ0) is 26.3. The van der Waals surface area contributed by atoms with Gasteiger partial charge < -0.3 is 15.4 Å². The van der Waals surface area contributed by atoms with Crippen LogP contribution in [0.1, 0.15) is 54.0 Å². The number of nitrogens with zero attached hydrogens (tertiary/aromatic N) is 1. The summed E-state index contributed by atoms with van der Waals surface area (Å²) in [7, 11) is 1.55. The maximum atomic E-state index is 13.8. The van der Waals surface area contributed by atoms with E-state index < -0.39 is 17.5 Å². The number of amides is 3. The van der Waals surface area contributed by atoms with Gasteiger partial charge in [0.1, 0.15) is 11.8 Å². The van der Waals surface area contributed by atoms with Crippen molar-refractivity contribution in [2.24, 2.45) is 0 Å². The van der Waals surface area contributed by atoms with Gasteiger partial charge in [-0.05, 0) is 68.5 Å². The average molecular weight is 508 g/mol. The van der Waals surface area contributed by atoms with Crippen molar-refractivity contribution in [1.29, 1.82) is 0 Å². The number of ether oxygens (including phenoxy) is 1. The molecule has 0 aliphatic carbocycles. The summed E-state index contributed by atoms with van der Waals surface area (Å²) in [5.41, 5.74) is 1.68. The number of hydrogen-bond acceptors (Lipinski definition) is 5. The fraction of sp³-hybridized carbons (Fsp3) is 0.321. The number of carbonyl (C=O) groups is 3. The number of nitrogens with one attached hydrogen (secondary N) is 2. The van der Waals surface area contributed by atoms with Crippen LogP contribution in [0, 0.1) is 6.92 Å². The van der Waals surface area contributed by atoms with Gasteiger partial charge in [-0.3, -0.25) is 19.3 Å². The molecular weight excluding hydrogens is 474 g/mol. The lowest BCUT2D eigenvalue weighted by molar-refractivity contribution is -0.127. The normalized spacial score (nSPS) is 11.9. The molecular formula is C28H33N3O4S. The first-order valence-electron chi connectivity index (χ1n) is 11.8. The molecule has 36 heavy (non-hydrogen) atoms. The standard InChI is InChI=1S/C28H33N3O4S/c1-6-28(3,4)30-27(34)25(20-9-7-10-22(17-20)35-5)31(21-14-12-19(2)13-15-21)24(32)18-29-26(33)23-11-8-16-36-23/h7-17,25H,6,18H2,1-5H3,(H,29,33)(H,30,34)/t25-/m0/s1. The number of aryl methyl sites for hydroxylation is 1. The van der Waals surface area contributed by atoms with Crippen molar-refractivity contribution < 1.29 is 19.1 Å². The molecule has 3 amide bonds. The molecule has 0 fully saturated rings. The third-order valence-electron chi connectivity index (χ3n) is 5.99. The van der Waals surface area contributed by atoms with Crippen molar-refractivity contribution in [1.82, 2.24) is 10.6 Å². The van der Waals surface area contributed by atoms with E-state index in [1.165, 1.54) is 16.2 Å². The number of hydrogen-bond donors (Lipinski definition) is 2. The van der Waals surface area contributed by atoms with Crippen molar-refractivity contribution in [2.45, 2.75) is 45.7 Å². The van der Waals surface area contributed by atoms with Gasteiger partial charge in [-0.1, -0.05) is 42.8 Å². The fourth-order valence-corrected chi connectivity index (χ4v) is 4.24. The Kier molecular flexibility index (Phi) is 8.88. The van der Waals surface area contributed by atoms with Crippen molar-refractivity contribution in [2.75, 3.05) is 18.6 Å². The Bertz CT molecular complexity index is 1190. The fourth-order valence-electron chi connectivity index (χ4n) is 3.60. The lowest BCUT2D eigenvalue weighted by Crippen LogP contribution is -2.52. The summed E-state index contributed by atoms with van der Waals surface area (Å²) in [5.74, 6) is -0.506. The van der Waals surface area contributed by atoms with Crippen molar-refractivity contribution in [3.8, 4) is 5.75 Å². The molecule has 1 atom stereocenters. The molecule has 0 bridgehead atoms. The molecule has 3 rings (SSSR count). The van der Waals surface area contributed by atoms with Crippen LogP contribution >= 0.6 is 11.3 Å². The topological polar surface area (TPSA) is 87.7 Å². The van der Waals surface area contributed by atoms with E-state index >= 15 is 0 Å². The smallest absolute Gasteiger partial charge is 0.261 e. The molecule has 2 N–H and O–H groups in total. The number of carbonyl (C=O) groups excluding carboxylic acids is 3. The summed E-state index contributed by atoms with van der Waals surface area (Å²) >= 11 is 1.30. The molecule has 0 aliphatic heterocycles. The number of methoxy groups -OCH3 is 1. The molecule has 1 aromatic heterocycles. The zero-order valence-corrected chi connectivity index (χ0v) is 22.1. The molecule has 0 radical (unpaired) electrons. The maximum Gasteiger partial charge on any atom is 0.261 e. The highest BCUT2D eigenvalue weighted by Crippen LogP contribution is 2.31. The average Bonchev–Trinajstić information content (AvgIpc) is 3.41. The lowest BCUT2D eigenvalue weighted by atomic mass is 9.98. The van der Waals surface area contributed by atoms with Gasteiger partial charge in [-0.15, -0.1) is 11.3 Å². The van der Waals surface area contributed by atoms with Crippen molar-refractivity contribution in [3.63, 3.8) is 0 Å². The molecule has 0 unspecified atom stereocenters. The number of thiophene rings is 1. The van der Waals surface area contributed by atoms with E-state index in [1.54, 1.807) is 61.0 Å². The summed E-state index contributed by atoms with van der Waals surface area (Å²) < 4.78 is 5.40. The van der Waals surface area contributed by atoms with E-state index in [-0.39, 0.29) is 18.4 Å². The molecule has 0 saturated heterocycles. The van der Waals surface area contributed by atoms with Gasteiger partial charge in [0.15, 0.2) is 0 Å². The van der Waals surface area contributed by atoms with Gasteiger partial charge in [0.05, 0.1) is 18.5 Å². The summed E-state index contributed by atoms with van der Waals surface area (Å²) in [5, 5.41) is 7.58. The Labute approximate surface area is 216 Å². The number of anilines is 1. The number of rotatable bonds is 10. The highest BCUT2D eigenvalue weighted by atomic mass is 32.1. The van der Waals surface area contributed by atoms with E-state index in [9.17, 15) is 14.4 Å². The van der Waals surface area contributed by atoms with Crippen LogP contribution in [0.15, 0.2) is 66.0 Å². The quantitative estimate of drug-likeness (QED) is 0.410. The largest absolute Gasteiger partial charge is 0.497 e. The second-order valence-corrected chi connectivity index (χ2v) is 10.1. The molecule has 1 heterocycles. The van der Waals surface area contributed by atoms with Crippen molar-refractivity contribution in [3.05, 3.63) is 82.0 Å². The van der Waals surface area contributed by atoms with Crippen LogP contribution < -0.4 is 20.3 Å². The third-order valence-corrected chi connectivity index (χ3v) is 6.86. The summed E-state index contributed by atoms with van der Waals surface area (Å²) in [4.78, 5) is 42.0. The van der Waals surface area contributed by atoms with E-state index in [2.05, 4.69) is 10.6 Å². The molecule has 2 aromatic carbocycles. The summed E-state index contributed by atoms with van der Waals surface area (Å²) in [6.07, 6.45) is 0.707. The molecule has 7 nitrogen and oxygen atoms in total. The molecule has 0 aliphatic rings. The first kappa shape index (κ1) is 26.9. The number of benzene rings is 2. The molecule has 3 aromatic rings. The lowest BCUT2D eigenvalue weighted by Gasteiger charge is -2.35. The molecule has 190 valence electrons. The van der Waals surface area contributed by atoms with E-state index in [1.807, 2.05) is 39.8 Å². The predicted octanol–water partition coefficient (Wildman–Crippen LogP) is 4.87. The van der Waals surface area contributed by atoms with Crippen LogP contribution in [-0.2, 0) is 9.59 Å². The van der Waals surface area contributed by atoms with Gasteiger partial charge in [0, 0.05) is 11.2 Å². The Balaban J connectivity index is 2.04. The molecule has 8 heteroatoms. The van der Waals surface area contributed by atoms with Gasteiger partial charge in [-0.2, -0.15) is 0 Å². The molecule has 0 spiro atoms. The highest BCUT2D eigenvalue weighted by Gasteiger charge is 2.35. The SMILES string of the molecule is CCC(C)(C)NC(=O)[C@H](c1cccc(OC)c1)N(C(=O)CNC(=O)c1cccs1)c1ccc(C)cc1. The van der Waals surface area contributed by atoms with Crippen LogP contribution in [0.25, 0.3) is 0 Å². The molecule has 0 saturated carbocycles. The van der Waals surface area contributed by atoms with Crippen LogP contribution in [0.3, 0.4) is 0 Å². The Morgan fingerprint density at radius 1 is 1.06 bits per heavy atom. The van der Waals surface area contributed by atoms with Crippen LogP contribution in [0.4, 0.5) is 5.69 Å². The van der Waals surface area contributed by atoms with Gasteiger partial charge in [0.2, 0.25) is 11.8 Å². The first-order chi connectivity index (χ1) is 17.1. The van der Waals surface area contributed by atoms with Crippen molar-refractivity contribution >= 4 is 34.7 Å². The minimum atomic E-state index is -0.986. The third kappa shape index (κ3) is 6.73. The highest BCUT2D eigenvalue weighted by molar-refractivity contribution is 7.12. The zero-order valence-electron chi connectivity index (χ0n) is 21.3. The first-order valence-corrected chi connectivity index (χ1v) is 12.7. The van der Waals surface area contributed by atoms with Crippen LogP contribution in [0.5, 0.6) is 5.75 Å². The van der Waals surface area contributed by atoms with Gasteiger partial charge in [0.25, 0.3) is 5.91 Å². The van der Waals surface area contributed by atoms with Gasteiger partial charge >= 0.3 is 0 Å². The maximum absolute atomic E-state index is 13.8. The minimum absolute atomic E-state index is 0.268.